The Bertz CT molecular complexity index is 3170. The van der Waals surface area contributed by atoms with Crippen LogP contribution in [0, 0.1) is 47.4 Å². The molecule has 0 saturated heterocycles. The number of ether oxygens (including phenoxy) is 8. The highest BCUT2D eigenvalue weighted by Crippen LogP contribution is 2.31. The van der Waals surface area contributed by atoms with Gasteiger partial charge < -0.3 is 37.9 Å². The zero-order chi connectivity index (χ0) is 57.2. The topological polar surface area (TPSA) is 168 Å². The van der Waals surface area contributed by atoms with Crippen molar-refractivity contribution in [2.45, 2.75) is 79.1 Å². The molecule has 6 rings (SSSR count). The Morgan fingerprint density at radius 3 is 0.863 bits per heavy atom. The third-order valence-corrected chi connectivity index (χ3v) is 11.9. The molecule has 0 saturated carbocycles. The number of rotatable bonds is 21. The van der Waals surface area contributed by atoms with E-state index in [0.29, 0.717) is 105 Å². The summed E-state index contributed by atoms with van der Waals surface area (Å²) in [4.78, 5) is 59.3. The van der Waals surface area contributed by atoms with Crippen LogP contribution in [0.1, 0.15) is 165 Å². The number of hydrogen-bond donors (Lipinski definition) is 0. The van der Waals surface area contributed by atoms with Gasteiger partial charge in [0.15, 0.2) is 0 Å². The number of esters is 4. The number of unbranched alkanes of at least 4 members (excludes halogenated alkanes) is 4. The van der Waals surface area contributed by atoms with Crippen LogP contribution in [0.2, 0.25) is 0 Å². The van der Waals surface area contributed by atoms with Crippen molar-refractivity contribution in [3.05, 3.63) is 164 Å². The minimum absolute atomic E-state index is 0.153. The molecule has 0 radical (unpaired) electrons. The fourth-order valence-electron chi connectivity index (χ4n) is 7.49. The van der Waals surface area contributed by atoms with E-state index in [1.165, 1.54) is 40.6 Å². The SMILES string of the molecule is CCCCOc1cc(C#Cc2ccnc(-c3cc(C#Cc4cc(OCCCC)c(C#Cc5cc(C(=O)OC)cc(C(=O)OC)c5)cc4OCCCC)ccn3)c2)c(OCCCC)cc1C#Cc1cc(C(=O)OC)cc(C(=O)OC)c1. The maximum Gasteiger partial charge on any atom is 0.337 e. The van der Waals surface area contributed by atoms with Gasteiger partial charge in [-0.05, 0) is 86.3 Å². The molecule has 2 heterocycles. The molecule has 0 aliphatic rings. The van der Waals surface area contributed by atoms with Crippen molar-refractivity contribution >= 4 is 23.9 Å². The fraction of sp³-hybridized carbons (Fsp3) is 0.303. The van der Waals surface area contributed by atoms with Crippen molar-refractivity contribution in [3.63, 3.8) is 0 Å². The highest BCUT2D eigenvalue weighted by molar-refractivity contribution is 5.97. The minimum Gasteiger partial charge on any atom is -0.492 e. The molecule has 14 heteroatoms. The van der Waals surface area contributed by atoms with Crippen LogP contribution in [0.15, 0.2) is 97.3 Å². The lowest BCUT2D eigenvalue weighted by Crippen LogP contribution is -2.07. The Labute approximate surface area is 468 Å². The molecule has 0 bridgehead atoms. The van der Waals surface area contributed by atoms with Gasteiger partial charge in [-0.2, -0.15) is 0 Å². The van der Waals surface area contributed by atoms with E-state index in [4.69, 9.17) is 37.9 Å². The summed E-state index contributed by atoms with van der Waals surface area (Å²) in [7, 11) is 5.05. The second kappa shape index (κ2) is 31.0. The standard InChI is InChI=1S/C66H64N2O12/c1-9-13-29-77-59-43-51(23-19-47-33-53(63(69)73-5)39-54(34-47)64(70)74-6)61(79-31-15-11-3)41-49(59)21-17-45-25-27-67-57(37-45)58-38-46(26-28-68-58)18-22-50-42-62(80-32-16-12-4)52(44-60(50)78-30-14-10-2)24-20-48-35-55(65(71)75-7)40-56(36-48)66(72)76-8/h25-28,33-44H,9-16,29-32H2,1-8H3. The van der Waals surface area contributed by atoms with Gasteiger partial charge in [0.2, 0.25) is 0 Å². The summed E-state index contributed by atoms with van der Waals surface area (Å²) < 4.78 is 44.9. The van der Waals surface area contributed by atoms with Crippen LogP contribution in [0.5, 0.6) is 23.0 Å². The van der Waals surface area contributed by atoms with E-state index in [2.05, 4.69) is 85.0 Å². The van der Waals surface area contributed by atoms with Gasteiger partial charge in [-0.15, -0.1) is 0 Å². The Balaban J connectivity index is 1.35. The summed E-state index contributed by atoms with van der Waals surface area (Å²) >= 11 is 0. The molecule has 0 atom stereocenters. The molecule has 80 heavy (non-hydrogen) atoms. The van der Waals surface area contributed by atoms with Gasteiger partial charge in [0, 0.05) is 58.9 Å². The van der Waals surface area contributed by atoms with E-state index < -0.39 is 23.9 Å². The molecule has 6 aromatic rings. The maximum atomic E-state index is 12.5. The number of hydrogen-bond acceptors (Lipinski definition) is 14. The average molecular weight is 1080 g/mol. The van der Waals surface area contributed by atoms with E-state index in [9.17, 15) is 19.2 Å². The predicted molar refractivity (Wildman–Crippen MR) is 304 cm³/mol. The first-order chi connectivity index (χ1) is 38.9. The highest BCUT2D eigenvalue weighted by atomic mass is 16.5. The molecular formula is C66H64N2O12. The van der Waals surface area contributed by atoms with Crippen LogP contribution < -0.4 is 18.9 Å². The number of nitrogens with zero attached hydrogens (tertiary/aromatic N) is 2. The lowest BCUT2D eigenvalue weighted by molar-refractivity contribution is 0.0581. The highest BCUT2D eigenvalue weighted by Gasteiger charge is 2.17. The molecule has 0 spiro atoms. The van der Waals surface area contributed by atoms with Crippen molar-refractivity contribution in [1.29, 1.82) is 0 Å². The van der Waals surface area contributed by atoms with Crippen molar-refractivity contribution in [2.24, 2.45) is 0 Å². The van der Waals surface area contributed by atoms with Gasteiger partial charge in [-0.3, -0.25) is 9.97 Å². The smallest absolute Gasteiger partial charge is 0.337 e. The molecule has 0 N–H and O–H groups in total. The monoisotopic (exact) mass is 1080 g/mol. The van der Waals surface area contributed by atoms with Crippen LogP contribution in [-0.4, -0.2) is 88.7 Å². The zero-order valence-electron chi connectivity index (χ0n) is 46.5. The summed E-state index contributed by atoms with van der Waals surface area (Å²) in [6.45, 7) is 10.1. The normalized spacial score (nSPS) is 10.2. The Kier molecular flexibility index (Phi) is 23.2. The number of benzene rings is 4. The van der Waals surface area contributed by atoms with Gasteiger partial charge in [0.25, 0.3) is 0 Å². The van der Waals surface area contributed by atoms with Crippen molar-refractivity contribution in [2.75, 3.05) is 54.9 Å². The minimum atomic E-state index is -0.620. The molecule has 14 nitrogen and oxygen atoms in total. The molecule has 0 fully saturated rings. The number of pyridine rings is 2. The molecule has 2 aromatic heterocycles. The summed E-state index contributed by atoms with van der Waals surface area (Å²) in [5, 5.41) is 0. The van der Waals surface area contributed by atoms with Gasteiger partial charge in [-0.1, -0.05) is 101 Å². The van der Waals surface area contributed by atoms with Crippen LogP contribution in [0.4, 0.5) is 0 Å². The molecule has 0 aliphatic heterocycles. The zero-order valence-corrected chi connectivity index (χ0v) is 46.5. The lowest BCUT2D eigenvalue weighted by Gasteiger charge is -2.13. The van der Waals surface area contributed by atoms with Crippen molar-refractivity contribution in [3.8, 4) is 81.7 Å². The van der Waals surface area contributed by atoms with Crippen LogP contribution in [-0.2, 0) is 18.9 Å². The molecule has 0 aliphatic carbocycles. The first-order valence-electron chi connectivity index (χ1n) is 26.5. The molecule has 410 valence electrons. The Hall–Kier alpha value is -9.50. The Morgan fingerprint density at radius 2 is 0.613 bits per heavy atom. The molecule has 0 unspecified atom stereocenters. The first-order valence-corrected chi connectivity index (χ1v) is 26.5. The summed E-state index contributed by atoms with van der Waals surface area (Å²) in [6.07, 6.45) is 10.2. The maximum absolute atomic E-state index is 12.5. The Morgan fingerprint density at radius 1 is 0.350 bits per heavy atom. The number of methoxy groups -OCH3 is 4. The lowest BCUT2D eigenvalue weighted by atomic mass is 10.0. The van der Waals surface area contributed by atoms with Crippen LogP contribution >= 0.6 is 0 Å². The van der Waals surface area contributed by atoms with Crippen molar-refractivity contribution < 1.29 is 57.1 Å². The third-order valence-electron chi connectivity index (χ3n) is 11.9. The quantitative estimate of drug-likeness (QED) is 0.0289. The van der Waals surface area contributed by atoms with Gasteiger partial charge in [0.1, 0.15) is 23.0 Å². The average Bonchev–Trinajstić information content (AvgIpc) is 3.49. The second-order valence-electron chi connectivity index (χ2n) is 17.9. The molecule has 0 amide bonds. The largest absolute Gasteiger partial charge is 0.492 e. The van der Waals surface area contributed by atoms with Gasteiger partial charge in [0.05, 0.1) is 111 Å². The van der Waals surface area contributed by atoms with E-state index in [-0.39, 0.29) is 22.3 Å². The molecular weight excluding hydrogens is 1010 g/mol. The first kappa shape index (κ1) is 59.7. The number of aromatic nitrogens is 2. The third kappa shape index (κ3) is 17.3. The van der Waals surface area contributed by atoms with E-state index in [1.54, 1.807) is 48.8 Å². The summed E-state index contributed by atoms with van der Waals surface area (Å²) in [5.41, 5.74) is 6.14. The van der Waals surface area contributed by atoms with Gasteiger partial charge >= 0.3 is 23.9 Å². The second-order valence-corrected chi connectivity index (χ2v) is 17.9. The van der Waals surface area contributed by atoms with Crippen LogP contribution in [0.25, 0.3) is 11.4 Å². The van der Waals surface area contributed by atoms with Crippen molar-refractivity contribution in [1.82, 2.24) is 9.97 Å². The van der Waals surface area contributed by atoms with Crippen LogP contribution in [0.3, 0.4) is 0 Å². The summed E-state index contributed by atoms with van der Waals surface area (Å²) in [5.74, 6) is 25.3. The summed E-state index contributed by atoms with van der Waals surface area (Å²) in [6, 6.07) is 23.6. The van der Waals surface area contributed by atoms with E-state index in [0.717, 1.165) is 51.4 Å². The fourth-order valence-corrected chi connectivity index (χ4v) is 7.49. The van der Waals surface area contributed by atoms with E-state index in [1.807, 2.05) is 36.4 Å². The number of carbonyl (C=O) groups is 4. The molecule has 4 aromatic carbocycles. The number of carbonyl (C=O) groups excluding carboxylic acids is 4. The van der Waals surface area contributed by atoms with Gasteiger partial charge in [-0.25, -0.2) is 19.2 Å². The van der Waals surface area contributed by atoms with E-state index >= 15 is 0 Å². The predicted octanol–water partition coefficient (Wildman–Crippen LogP) is 11.6.